The van der Waals surface area contributed by atoms with E-state index in [-0.39, 0.29) is 11.0 Å². The van der Waals surface area contributed by atoms with Gasteiger partial charge in [0, 0.05) is 13.2 Å². The molecular formula is C16H24O4S. The van der Waals surface area contributed by atoms with Crippen LogP contribution < -0.4 is 0 Å². The molecule has 0 N–H and O–H groups in total. The summed E-state index contributed by atoms with van der Waals surface area (Å²) in [5.74, 6) is 0.431. The summed E-state index contributed by atoms with van der Waals surface area (Å²) in [6.07, 6.45) is 3.53. The average molecular weight is 312 g/mol. The topological polar surface area (TPSA) is 52.6 Å². The fraction of sp³-hybridized carbons (Fsp3) is 0.625. The number of hydrogen-bond acceptors (Lipinski definition) is 4. The monoisotopic (exact) mass is 312 g/mol. The predicted molar refractivity (Wildman–Crippen MR) is 81.7 cm³/mol. The third kappa shape index (κ3) is 4.80. The molecule has 0 spiro atoms. The van der Waals surface area contributed by atoms with Gasteiger partial charge in [-0.2, -0.15) is 8.42 Å². The highest BCUT2D eigenvalue weighted by Gasteiger charge is 2.34. The number of hydrogen-bond donors (Lipinski definition) is 0. The van der Waals surface area contributed by atoms with Crippen molar-refractivity contribution in [2.24, 2.45) is 5.92 Å². The summed E-state index contributed by atoms with van der Waals surface area (Å²) in [6, 6.07) is 6.74. The fourth-order valence-corrected chi connectivity index (χ4v) is 3.42. The molecule has 4 nitrogen and oxygen atoms in total. The summed E-state index contributed by atoms with van der Waals surface area (Å²) in [5.41, 5.74) is 1.03. The number of rotatable bonds is 8. The molecule has 0 atom stereocenters. The van der Waals surface area contributed by atoms with E-state index in [0.29, 0.717) is 12.5 Å². The lowest BCUT2D eigenvalue weighted by molar-refractivity contribution is 0.00506. The van der Waals surface area contributed by atoms with Crippen molar-refractivity contribution >= 4 is 10.1 Å². The van der Waals surface area contributed by atoms with Gasteiger partial charge >= 0.3 is 0 Å². The van der Waals surface area contributed by atoms with Crippen LogP contribution in [0.3, 0.4) is 0 Å². The average Bonchev–Trinajstić information content (AvgIpc) is 2.40. The minimum atomic E-state index is -3.63. The molecule has 0 radical (unpaired) electrons. The molecule has 0 bridgehead atoms. The van der Waals surface area contributed by atoms with E-state index >= 15 is 0 Å². The Balaban J connectivity index is 1.75. The van der Waals surface area contributed by atoms with Gasteiger partial charge in [-0.25, -0.2) is 0 Å². The van der Waals surface area contributed by atoms with Gasteiger partial charge in [-0.05, 0) is 44.2 Å². The Hall–Kier alpha value is -0.910. The van der Waals surface area contributed by atoms with Crippen LogP contribution in [0.2, 0.25) is 0 Å². The van der Waals surface area contributed by atoms with Crippen molar-refractivity contribution in [1.82, 2.24) is 0 Å². The molecule has 1 saturated carbocycles. The zero-order valence-corrected chi connectivity index (χ0v) is 13.6. The van der Waals surface area contributed by atoms with Gasteiger partial charge in [0.1, 0.15) is 0 Å². The van der Waals surface area contributed by atoms with Crippen molar-refractivity contribution in [3.05, 3.63) is 29.8 Å². The summed E-state index contributed by atoms with van der Waals surface area (Å²) < 4.78 is 35.0. The second-order valence-corrected chi connectivity index (χ2v) is 7.32. The normalized spacial score (nSPS) is 22.0. The fourth-order valence-electron chi connectivity index (χ4n) is 2.33. The standard InChI is InChI=1S/C16H24O4S/c1-3-4-9-19-12-14-10-15(11-14)20-21(17,18)16-7-5-13(2)6-8-16/h5-8,14-15H,3-4,9-12H2,1-2H3. The van der Waals surface area contributed by atoms with Crippen LogP contribution in [0.4, 0.5) is 0 Å². The van der Waals surface area contributed by atoms with Crippen molar-refractivity contribution in [2.75, 3.05) is 13.2 Å². The molecule has 1 fully saturated rings. The molecule has 5 heteroatoms. The van der Waals surface area contributed by atoms with E-state index in [4.69, 9.17) is 8.92 Å². The quantitative estimate of drug-likeness (QED) is 0.546. The van der Waals surface area contributed by atoms with Gasteiger partial charge in [-0.1, -0.05) is 31.0 Å². The van der Waals surface area contributed by atoms with E-state index in [0.717, 1.165) is 37.9 Å². The van der Waals surface area contributed by atoms with Gasteiger partial charge in [0.25, 0.3) is 10.1 Å². The Morgan fingerprint density at radius 3 is 2.48 bits per heavy atom. The molecule has 0 saturated heterocycles. The SMILES string of the molecule is CCCCOCC1CC(OS(=O)(=O)c2ccc(C)cc2)C1. The minimum absolute atomic E-state index is 0.198. The molecule has 2 rings (SSSR count). The van der Waals surface area contributed by atoms with Gasteiger partial charge in [0.05, 0.1) is 11.0 Å². The third-order valence-electron chi connectivity index (χ3n) is 3.76. The highest BCUT2D eigenvalue weighted by molar-refractivity contribution is 7.86. The summed E-state index contributed by atoms with van der Waals surface area (Å²) in [6.45, 7) is 5.56. The molecule has 1 aromatic rings. The van der Waals surface area contributed by atoms with E-state index in [1.807, 2.05) is 6.92 Å². The molecule has 1 aliphatic rings. The van der Waals surface area contributed by atoms with Crippen LogP contribution in [0, 0.1) is 12.8 Å². The van der Waals surface area contributed by atoms with E-state index in [2.05, 4.69) is 6.92 Å². The summed E-state index contributed by atoms with van der Waals surface area (Å²) in [7, 11) is -3.63. The first-order valence-corrected chi connectivity index (χ1v) is 9.00. The Morgan fingerprint density at radius 2 is 1.86 bits per heavy atom. The van der Waals surface area contributed by atoms with Crippen LogP contribution in [0.25, 0.3) is 0 Å². The second kappa shape index (κ2) is 7.38. The number of unbranched alkanes of at least 4 members (excludes halogenated alkanes) is 1. The maximum atomic E-state index is 12.1. The summed E-state index contributed by atoms with van der Waals surface area (Å²) in [5, 5.41) is 0. The maximum Gasteiger partial charge on any atom is 0.297 e. The number of benzene rings is 1. The minimum Gasteiger partial charge on any atom is -0.381 e. The van der Waals surface area contributed by atoms with Gasteiger partial charge in [0.2, 0.25) is 0 Å². The summed E-state index contributed by atoms with van der Waals surface area (Å²) in [4.78, 5) is 0.232. The Labute approximate surface area is 127 Å². The Morgan fingerprint density at radius 1 is 1.19 bits per heavy atom. The van der Waals surface area contributed by atoms with Gasteiger partial charge in [-0.3, -0.25) is 4.18 Å². The molecule has 0 amide bonds. The van der Waals surface area contributed by atoms with Gasteiger partial charge in [0.15, 0.2) is 0 Å². The largest absolute Gasteiger partial charge is 0.381 e. The maximum absolute atomic E-state index is 12.1. The highest BCUT2D eigenvalue weighted by Crippen LogP contribution is 2.32. The summed E-state index contributed by atoms with van der Waals surface area (Å²) >= 11 is 0. The lowest BCUT2D eigenvalue weighted by Gasteiger charge is -2.34. The third-order valence-corrected chi connectivity index (χ3v) is 5.14. The number of ether oxygens (including phenoxy) is 1. The first-order chi connectivity index (χ1) is 10.0. The predicted octanol–water partition coefficient (Wildman–Crippen LogP) is 3.30. The lowest BCUT2D eigenvalue weighted by Crippen LogP contribution is -2.35. The second-order valence-electron chi connectivity index (χ2n) is 5.75. The zero-order valence-electron chi connectivity index (χ0n) is 12.7. The molecule has 21 heavy (non-hydrogen) atoms. The Kier molecular flexibility index (Phi) is 5.79. The van der Waals surface area contributed by atoms with Crippen LogP contribution in [0.15, 0.2) is 29.2 Å². The van der Waals surface area contributed by atoms with Crippen LogP contribution in [0.1, 0.15) is 38.2 Å². The van der Waals surface area contributed by atoms with Crippen molar-refractivity contribution < 1.29 is 17.3 Å². The molecule has 0 heterocycles. The van der Waals surface area contributed by atoms with Crippen molar-refractivity contribution in [1.29, 1.82) is 0 Å². The van der Waals surface area contributed by atoms with Crippen molar-refractivity contribution in [3.63, 3.8) is 0 Å². The van der Waals surface area contributed by atoms with Crippen molar-refractivity contribution in [3.8, 4) is 0 Å². The molecule has 0 aliphatic heterocycles. The smallest absolute Gasteiger partial charge is 0.297 e. The van der Waals surface area contributed by atoms with Crippen LogP contribution in [0.5, 0.6) is 0 Å². The van der Waals surface area contributed by atoms with Crippen LogP contribution in [-0.2, 0) is 19.0 Å². The molecular weight excluding hydrogens is 288 g/mol. The number of aryl methyl sites for hydroxylation is 1. The van der Waals surface area contributed by atoms with E-state index < -0.39 is 10.1 Å². The van der Waals surface area contributed by atoms with Gasteiger partial charge < -0.3 is 4.74 Å². The lowest BCUT2D eigenvalue weighted by atomic mass is 9.83. The molecule has 0 aromatic heterocycles. The molecule has 118 valence electrons. The van der Waals surface area contributed by atoms with E-state index in [1.54, 1.807) is 24.3 Å². The van der Waals surface area contributed by atoms with Crippen molar-refractivity contribution in [2.45, 2.75) is 50.5 Å². The first-order valence-electron chi connectivity index (χ1n) is 7.59. The van der Waals surface area contributed by atoms with Crippen LogP contribution >= 0.6 is 0 Å². The molecule has 1 aromatic carbocycles. The van der Waals surface area contributed by atoms with E-state index in [9.17, 15) is 8.42 Å². The molecule has 1 aliphatic carbocycles. The Bertz CT molecular complexity index is 530. The highest BCUT2D eigenvalue weighted by atomic mass is 32.2. The molecule has 0 unspecified atom stereocenters. The van der Waals surface area contributed by atoms with E-state index in [1.165, 1.54) is 0 Å². The zero-order chi connectivity index (χ0) is 15.3. The first kappa shape index (κ1) is 16.5. The van der Waals surface area contributed by atoms with Crippen LogP contribution in [-0.4, -0.2) is 27.7 Å². The van der Waals surface area contributed by atoms with Gasteiger partial charge in [-0.15, -0.1) is 0 Å².